The van der Waals surface area contributed by atoms with E-state index in [1.807, 2.05) is 80.6 Å². The van der Waals surface area contributed by atoms with Gasteiger partial charge in [0.2, 0.25) is 10.0 Å². The molecule has 0 spiro atoms. The van der Waals surface area contributed by atoms with Crippen LogP contribution in [0.5, 0.6) is 11.5 Å². The Morgan fingerprint density at radius 1 is 0.907 bits per heavy atom. The predicted molar refractivity (Wildman–Crippen MR) is 174 cm³/mol. The van der Waals surface area contributed by atoms with Crippen LogP contribution in [0.25, 0.3) is 0 Å². The van der Waals surface area contributed by atoms with Crippen molar-refractivity contribution in [2.75, 3.05) is 39.5 Å². The van der Waals surface area contributed by atoms with Crippen molar-refractivity contribution in [2.24, 2.45) is 4.99 Å². The van der Waals surface area contributed by atoms with Crippen LogP contribution in [0.2, 0.25) is 0 Å². The van der Waals surface area contributed by atoms with Gasteiger partial charge in [-0.1, -0.05) is 56.1 Å². The summed E-state index contributed by atoms with van der Waals surface area (Å²) in [6.45, 7) is 4.88. The van der Waals surface area contributed by atoms with Crippen LogP contribution in [0.3, 0.4) is 0 Å². The number of ether oxygens (including phenoxy) is 2. The Morgan fingerprint density at radius 3 is 2.02 bits per heavy atom. The highest BCUT2D eigenvalue weighted by molar-refractivity contribution is 9.10. The second-order valence-electron chi connectivity index (χ2n) is 10.8. The first kappa shape index (κ1) is 31.5. The minimum absolute atomic E-state index is 0.134. The Morgan fingerprint density at radius 2 is 1.49 bits per heavy atom. The maximum atomic E-state index is 14.6. The van der Waals surface area contributed by atoms with Crippen LogP contribution >= 0.6 is 31.9 Å². The lowest BCUT2D eigenvalue weighted by Crippen LogP contribution is -2.55. The third-order valence-corrected chi connectivity index (χ3v) is 9.83. The Hall–Kier alpha value is -2.93. The number of methoxy groups -OCH3 is 1. The molecule has 3 aromatic rings. The maximum absolute atomic E-state index is 14.6. The van der Waals surface area contributed by atoms with Gasteiger partial charge in [0.15, 0.2) is 0 Å². The van der Waals surface area contributed by atoms with E-state index in [0.717, 1.165) is 20.1 Å². The second-order valence-corrected chi connectivity index (χ2v) is 14.6. The molecule has 2 amide bonds. The number of carbonyl (C=O) groups is 1. The van der Waals surface area contributed by atoms with E-state index >= 15 is 0 Å². The number of amidine groups is 1. The number of piperazine rings is 1. The van der Waals surface area contributed by atoms with Gasteiger partial charge in [-0.3, -0.25) is 9.89 Å². The van der Waals surface area contributed by atoms with Crippen LogP contribution in [0, 0.1) is 0 Å². The van der Waals surface area contributed by atoms with Gasteiger partial charge >= 0.3 is 6.03 Å². The number of sulfonamides is 1. The van der Waals surface area contributed by atoms with Gasteiger partial charge in [-0.25, -0.2) is 13.2 Å². The number of benzene rings is 3. The third kappa shape index (κ3) is 6.92. The van der Waals surface area contributed by atoms with Crippen molar-refractivity contribution in [2.45, 2.75) is 32.0 Å². The largest absolute Gasteiger partial charge is 0.497 e. The highest BCUT2D eigenvalue weighted by Crippen LogP contribution is 2.46. The first-order valence-corrected chi connectivity index (χ1v) is 17.4. The van der Waals surface area contributed by atoms with E-state index in [1.54, 1.807) is 16.9 Å². The average molecular weight is 735 g/mol. The smallest absolute Gasteiger partial charge is 0.326 e. The van der Waals surface area contributed by atoms with E-state index in [4.69, 9.17) is 14.5 Å². The number of urea groups is 1. The first-order valence-electron chi connectivity index (χ1n) is 13.9. The van der Waals surface area contributed by atoms with Crippen LogP contribution in [-0.4, -0.2) is 80.0 Å². The lowest BCUT2D eigenvalue weighted by molar-refractivity contribution is 0.143. The molecule has 0 radical (unpaired) electrons. The van der Waals surface area contributed by atoms with Crippen LogP contribution < -0.4 is 9.47 Å². The topological polar surface area (TPSA) is 91.8 Å². The van der Waals surface area contributed by atoms with E-state index < -0.39 is 22.1 Å². The molecule has 3 aromatic carbocycles. The van der Waals surface area contributed by atoms with Gasteiger partial charge < -0.3 is 14.4 Å². The number of nitrogens with zero attached hydrogens (tertiary/aromatic N) is 4. The number of rotatable bonds is 7. The number of amides is 2. The lowest BCUT2D eigenvalue weighted by atomic mass is 9.94. The molecule has 2 aliphatic heterocycles. The SMILES string of the molecule is COc1ccc(C2=NC(c3ccc(Br)cc3)C(c3ccc(Br)cc3)N2C(=O)N2CCN(S(C)(=O)=O)CC2)c(OC(C)C)c1. The monoisotopic (exact) mass is 732 g/mol. The molecular formula is C31H34Br2N4O5S. The van der Waals surface area contributed by atoms with Gasteiger partial charge in [-0.2, -0.15) is 4.31 Å². The molecule has 0 aromatic heterocycles. The highest BCUT2D eigenvalue weighted by Gasteiger charge is 2.45. The molecule has 0 aliphatic carbocycles. The number of hydrogen-bond acceptors (Lipinski definition) is 6. The number of halogens is 2. The molecular weight excluding hydrogens is 700 g/mol. The predicted octanol–water partition coefficient (Wildman–Crippen LogP) is 6.25. The van der Waals surface area contributed by atoms with Crippen molar-refractivity contribution in [3.63, 3.8) is 0 Å². The molecule has 228 valence electrons. The summed E-state index contributed by atoms with van der Waals surface area (Å²) in [6.07, 6.45) is 1.06. The fourth-order valence-electron chi connectivity index (χ4n) is 5.38. The van der Waals surface area contributed by atoms with Gasteiger partial charge in [0, 0.05) is 41.2 Å². The molecule has 9 nitrogen and oxygen atoms in total. The Bertz CT molecular complexity index is 1610. The highest BCUT2D eigenvalue weighted by atomic mass is 79.9. The van der Waals surface area contributed by atoms with Gasteiger partial charge in [0.1, 0.15) is 23.4 Å². The Kier molecular flexibility index (Phi) is 9.50. The quantitative estimate of drug-likeness (QED) is 0.287. The zero-order valence-electron chi connectivity index (χ0n) is 24.4. The van der Waals surface area contributed by atoms with E-state index in [9.17, 15) is 13.2 Å². The Balaban J connectivity index is 1.66. The Labute approximate surface area is 269 Å². The molecule has 2 unspecified atom stereocenters. The summed E-state index contributed by atoms with van der Waals surface area (Å²) < 4.78 is 39.4. The molecule has 2 heterocycles. The normalized spacial score (nSPS) is 19.5. The molecule has 2 aliphatic rings. The summed E-state index contributed by atoms with van der Waals surface area (Å²) in [5, 5.41) is 0. The number of carbonyl (C=O) groups excluding carboxylic acids is 1. The van der Waals surface area contributed by atoms with E-state index in [1.165, 1.54) is 10.6 Å². The first-order chi connectivity index (χ1) is 20.5. The molecule has 1 saturated heterocycles. The molecule has 12 heteroatoms. The van der Waals surface area contributed by atoms with Gasteiger partial charge in [0.05, 0.1) is 31.1 Å². The minimum atomic E-state index is -3.36. The van der Waals surface area contributed by atoms with Gasteiger partial charge in [0.25, 0.3) is 0 Å². The van der Waals surface area contributed by atoms with Crippen molar-refractivity contribution in [3.05, 3.63) is 92.4 Å². The summed E-state index contributed by atoms with van der Waals surface area (Å²) in [4.78, 5) is 23.3. The summed E-state index contributed by atoms with van der Waals surface area (Å²) >= 11 is 7.08. The summed E-state index contributed by atoms with van der Waals surface area (Å²) in [5.41, 5.74) is 2.53. The molecule has 1 fully saturated rings. The lowest BCUT2D eigenvalue weighted by Gasteiger charge is -2.38. The van der Waals surface area contributed by atoms with Crippen molar-refractivity contribution in [3.8, 4) is 11.5 Å². The molecule has 5 rings (SSSR count). The summed E-state index contributed by atoms with van der Waals surface area (Å²) in [5.74, 6) is 1.66. The number of aliphatic imine (C=N–C) groups is 1. The summed E-state index contributed by atoms with van der Waals surface area (Å²) in [6, 6.07) is 20.3. The molecule has 43 heavy (non-hydrogen) atoms. The number of hydrogen-bond donors (Lipinski definition) is 0. The zero-order chi connectivity index (χ0) is 30.9. The maximum Gasteiger partial charge on any atom is 0.326 e. The van der Waals surface area contributed by atoms with Crippen molar-refractivity contribution < 1.29 is 22.7 Å². The van der Waals surface area contributed by atoms with Crippen LogP contribution in [0.4, 0.5) is 4.79 Å². The molecule has 0 bridgehead atoms. The third-order valence-electron chi connectivity index (χ3n) is 7.47. The van der Waals surface area contributed by atoms with Crippen molar-refractivity contribution >= 4 is 53.7 Å². The fraction of sp³-hybridized carbons (Fsp3) is 0.355. The minimum Gasteiger partial charge on any atom is -0.497 e. The van der Waals surface area contributed by atoms with Gasteiger partial charge in [-0.05, 0) is 61.4 Å². The zero-order valence-corrected chi connectivity index (χ0v) is 28.4. The fourth-order valence-corrected chi connectivity index (χ4v) is 6.74. The molecule has 2 atom stereocenters. The van der Waals surface area contributed by atoms with Crippen molar-refractivity contribution in [1.29, 1.82) is 0 Å². The molecule has 0 N–H and O–H groups in total. The van der Waals surface area contributed by atoms with E-state index in [-0.39, 0.29) is 38.3 Å². The standard InChI is InChI=1S/C31H34Br2N4O5S/c1-20(2)42-27-19-25(41-3)13-14-26(27)30-34-28(21-5-9-23(32)10-6-21)29(22-7-11-24(33)12-8-22)37(30)31(38)35-15-17-36(18-16-35)43(4,39)40/h5-14,19-20,28-29H,15-18H2,1-4H3. The average Bonchev–Trinajstić information content (AvgIpc) is 3.37. The van der Waals surface area contributed by atoms with E-state index in [0.29, 0.717) is 22.9 Å². The van der Waals surface area contributed by atoms with Crippen molar-refractivity contribution in [1.82, 2.24) is 14.1 Å². The van der Waals surface area contributed by atoms with Crippen LogP contribution in [-0.2, 0) is 10.0 Å². The van der Waals surface area contributed by atoms with Gasteiger partial charge in [-0.15, -0.1) is 0 Å². The van der Waals surface area contributed by atoms with Crippen LogP contribution in [0.15, 0.2) is 80.7 Å². The van der Waals surface area contributed by atoms with Crippen LogP contribution in [0.1, 0.15) is 42.6 Å². The summed E-state index contributed by atoms with van der Waals surface area (Å²) in [7, 11) is -1.76. The van der Waals surface area contributed by atoms with E-state index in [2.05, 4.69) is 31.9 Å². The second kappa shape index (κ2) is 13.0. The molecule has 0 saturated carbocycles.